The standard InChI is InChI=1S/C18H29N3O/c1-4-10-21-11-9-16(13-21)12-19-18(22)20(3)14-17-8-6-5-7-15(17)2/h5-8,16H,4,9-14H2,1-3H3,(H,19,22). The Morgan fingerprint density at radius 1 is 1.41 bits per heavy atom. The van der Waals surface area contributed by atoms with Crippen molar-refractivity contribution in [2.75, 3.05) is 33.2 Å². The third-order valence-corrected chi connectivity index (χ3v) is 4.47. The van der Waals surface area contributed by atoms with Crippen molar-refractivity contribution in [3.63, 3.8) is 0 Å². The molecule has 2 amide bonds. The minimum Gasteiger partial charge on any atom is -0.338 e. The summed E-state index contributed by atoms with van der Waals surface area (Å²) in [5.74, 6) is 0.599. The van der Waals surface area contributed by atoms with Crippen LogP contribution in [-0.4, -0.2) is 49.1 Å². The maximum Gasteiger partial charge on any atom is 0.317 e. The van der Waals surface area contributed by atoms with Crippen molar-refractivity contribution in [1.82, 2.24) is 15.1 Å². The third-order valence-electron chi connectivity index (χ3n) is 4.47. The summed E-state index contributed by atoms with van der Waals surface area (Å²) in [4.78, 5) is 16.5. The van der Waals surface area contributed by atoms with Crippen LogP contribution in [0.5, 0.6) is 0 Å². The van der Waals surface area contributed by atoms with Gasteiger partial charge in [-0.2, -0.15) is 0 Å². The Labute approximate surface area is 134 Å². The van der Waals surface area contributed by atoms with Gasteiger partial charge in [-0.05, 0) is 49.9 Å². The molecule has 0 saturated carbocycles. The molecule has 0 bridgehead atoms. The lowest BCUT2D eigenvalue weighted by Gasteiger charge is -2.21. The Morgan fingerprint density at radius 2 is 2.18 bits per heavy atom. The van der Waals surface area contributed by atoms with Gasteiger partial charge in [-0.15, -0.1) is 0 Å². The topological polar surface area (TPSA) is 35.6 Å². The van der Waals surface area contributed by atoms with E-state index >= 15 is 0 Å². The molecule has 0 aromatic heterocycles. The molecule has 1 N–H and O–H groups in total. The molecule has 1 unspecified atom stereocenters. The molecule has 122 valence electrons. The number of hydrogen-bond donors (Lipinski definition) is 1. The number of aryl methyl sites for hydroxylation is 1. The molecule has 1 heterocycles. The van der Waals surface area contributed by atoms with E-state index in [0.717, 1.165) is 13.1 Å². The number of rotatable bonds is 6. The minimum atomic E-state index is 0.0252. The third kappa shape index (κ3) is 4.73. The van der Waals surface area contributed by atoms with Gasteiger partial charge < -0.3 is 15.1 Å². The quantitative estimate of drug-likeness (QED) is 0.877. The lowest BCUT2D eigenvalue weighted by molar-refractivity contribution is 0.204. The largest absolute Gasteiger partial charge is 0.338 e. The normalized spacial score (nSPS) is 18.4. The zero-order valence-electron chi connectivity index (χ0n) is 14.1. The summed E-state index contributed by atoms with van der Waals surface area (Å²) in [5, 5.41) is 3.09. The predicted molar refractivity (Wildman–Crippen MR) is 90.9 cm³/mol. The van der Waals surface area contributed by atoms with E-state index in [2.05, 4.69) is 36.2 Å². The van der Waals surface area contributed by atoms with Crippen molar-refractivity contribution in [3.8, 4) is 0 Å². The van der Waals surface area contributed by atoms with Crippen LogP contribution in [0.3, 0.4) is 0 Å². The molecule has 0 aliphatic carbocycles. The minimum absolute atomic E-state index is 0.0252. The zero-order valence-corrected chi connectivity index (χ0v) is 14.1. The molecule has 4 heteroatoms. The molecule has 0 radical (unpaired) electrons. The van der Waals surface area contributed by atoms with Crippen LogP contribution in [-0.2, 0) is 6.54 Å². The summed E-state index contributed by atoms with van der Waals surface area (Å²) in [6.45, 7) is 9.22. The number of carbonyl (C=O) groups excluding carboxylic acids is 1. The molecule has 4 nitrogen and oxygen atoms in total. The fourth-order valence-electron chi connectivity index (χ4n) is 3.08. The molecule has 1 aromatic carbocycles. The van der Waals surface area contributed by atoms with Gasteiger partial charge in [0.15, 0.2) is 0 Å². The Morgan fingerprint density at radius 3 is 2.91 bits per heavy atom. The van der Waals surface area contributed by atoms with Gasteiger partial charge in [0.25, 0.3) is 0 Å². The summed E-state index contributed by atoms with van der Waals surface area (Å²) >= 11 is 0. The SMILES string of the molecule is CCCN1CCC(CNC(=O)N(C)Cc2ccccc2C)C1. The molecule has 1 aliphatic rings. The number of likely N-dealkylation sites (tertiary alicyclic amines) is 1. The van der Waals surface area contributed by atoms with Crippen LogP contribution in [0, 0.1) is 12.8 Å². The van der Waals surface area contributed by atoms with E-state index in [1.165, 1.54) is 37.1 Å². The highest BCUT2D eigenvalue weighted by Crippen LogP contribution is 2.15. The summed E-state index contributed by atoms with van der Waals surface area (Å²) in [7, 11) is 1.86. The summed E-state index contributed by atoms with van der Waals surface area (Å²) in [5.41, 5.74) is 2.43. The van der Waals surface area contributed by atoms with Crippen LogP contribution in [0.1, 0.15) is 30.9 Å². The Kier molecular flexibility index (Phi) is 6.25. The van der Waals surface area contributed by atoms with Crippen LogP contribution in [0.25, 0.3) is 0 Å². The number of amides is 2. The first kappa shape index (κ1) is 16.8. The van der Waals surface area contributed by atoms with Gasteiger partial charge in [0.1, 0.15) is 0 Å². The first-order chi connectivity index (χ1) is 10.6. The van der Waals surface area contributed by atoms with E-state index in [9.17, 15) is 4.79 Å². The number of nitrogens with one attached hydrogen (secondary N) is 1. The lowest BCUT2D eigenvalue weighted by Crippen LogP contribution is -2.39. The maximum absolute atomic E-state index is 12.2. The second-order valence-corrected chi connectivity index (χ2v) is 6.42. The maximum atomic E-state index is 12.2. The van der Waals surface area contributed by atoms with Gasteiger partial charge in [-0.1, -0.05) is 31.2 Å². The Balaban J connectivity index is 1.74. The molecule has 1 saturated heterocycles. The van der Waals surface area contributed by atoms with Crippen LogP contribution in [0.2, 0.25) is 0 Å². The van der Waals surface area contributed by atoms with Crippen LogP contribution >= 0.6 is 0 Å². The van der Waals surface area contributed by atoms with Crippen molar-refractivity contribution in [2.45, 2.75) is 33.2 Å². The molecule has 1 aliphatic heterocycles. The summed E-state index contributed by atoms with van der Waals surface area (Å²) < 4.78 is 0. The van der Waals surface area contributed by atoms with E-state index in [-0.39, 0.29) is 6.03 Å². The van der Waals surface area contributed by atoms with Crippen molar-refractivity contribution in [1.29, 1.82) is 0 Å². The second-order valence-electron chi connectivity index (χ2n) is 6.42. The van der Waals surface area contributed by atoms with Crippen LogP contribution < -0.4 is 5.32 Å². The van der Waals surface area contributed by atoms with E-state index in [1.54, 1.807) is 4.90 Å². The molecule has 1 fully saturated rings. The van der Waals surface area contributed by atoms with Gasteiger partial charge in [0, 0.05) is 26.7 Å². The van der Waals surface area contributed by atoms with E-state index < -0.39 is 0 Å². The average Bonchev–Trinajstić information content (AvgIpc) is 2.95. The number of urea groups is 1. The number of hydrogen-bond acceptors (Lipinski definition) is 2. The van der Waals surface area contributed by atoms with Crippen molar-refractivity contribution in [3.05, 3.63) is 35.4 Å². The van der Waals surface area contributed by atoms with E-state index in [0.29, 0.717) is 12.5 Å². The molecular weight excluding hydrogens is 274 g/mol. The first-order valence-electron chi connectivity index (χ1n) is 8.36. The lowest BCUT2D eigenvalue weighted by atomic mass is 10.1. The average molecular weight is 303 g/mol. The van der Waals surface area contributed by atoms with Gasteiger partial charge >= 0.3 is 6.03 Å². The smallest absolute Gasteiger partial charge is 0.317 e. The highest BCUT2D eigenvalue weighted by Gasteiger charge is 2.22. The van der Waals surface area contributed by atoms with E-state index in [4.69, 9.17) is 0 Å². The molecule has 1 atom stereocenters. The van der Waals surface area contributed by atoms with Gasteiger partial charge in [-0.3, -0.25) is 0 Å². The highest BCUT2D eigenvalue weighted by molar-refractivity contribution is 5.73. The predicted octanol–water partition coefficient (Wildman–Crippen LogP) is 2.87. The molecule has 22 heavy (non-hydrogen) atoms. The van der Waals surface area contributed by atoms with Crippen LogP contribution in [0.4, 0.5) is 4.79 Å². The molecule has 2 rings (SSSR count). The van der Waals surface area contributed by atoms with Crippen molar-refractivity contribution < 1.29 is 4.79 Å². The van der Waals surface area contributed by atoms with E-state index in [1.807, 2.05) is 19.2 Å². The summed E-state index contributed by atoms with van der Waals surface area (Å²) in [6.07, 6.45) is 2.40. The fraction of sp³-hybridized carbons (Fsp3) is 0.611. The van der Waals surface area contributed by atoms with Gasteiger partial charge in [-0.25, -0.2) is 4.79 Å². The fourth-order valence-corrected chi connectivity index (χ4v) is 3.08. The molecule has 0 spiro atoms. The highest BCUT2D eigenvalue weighted by atomic mass is 16.2. The number of carbonyl (C=O) groups is 1. The van der Waals surface area contributed by atoms with Crippen molar-refractivity contribution >= 4 is 6.03 Å². The Bertz CT molecular complexity index is 489. The summed E-state index contributed by atoms with van der Waals surface area (Å²) in [6, 6.07) is 8.24. The molecular formula is C18H29N3O. The number of benzene rings is 1. The Hall–Kier alpha value is -1.55. The van der Waals surface area contributed by atoms with Gasteiger partial charge in [0.05, 0.1) is 0 Å². The zero-order chi connectivity index (χ0) is 15.9. The number of nitrogens with zero attached hydrogens (tertiary/aromatic N) is 2. The van der Waals surface area contributed by atoms with Crippen LogP contribution in [0.15, 0.2) is 24.3 Å². The van der Waals surface area contributed by atoms with Gasteiger partial charge in [0.2, 0.25) is 0 Å². The van der Waals surface area contributed by atoms with Crippen molar-refractivity contribution in [2.24, 2.45) is 5.92 Å². The monoisotopic (exact) mass is 303 g/mol. The second kappa shape index (κ2) is 8.18. The molecule has 1 aromatic rings. The first-order valence-corrected chi connectivity index (χ1v) is 8.36.